The van der Waals surface area contributed by atoms with Gasteiger partial charge in [-0.1, -0.05) is 48.5 Å². The number of carboxylic acids is 1. The van der Waals surface area contributed by atoms with Gasteiger partial charge >= 0.3 is 17.9 Å². The molecule has 4 saturated carbocycles. The zero-order valence-corrected chi connectivity index (χ0v) is 36.8. The van der Waals surface area contributed by atoms with Crippen molar-refractivity contribution in [1.82, 2.24) is 4.90 Å². The zero-order chi connectivity index (χ0) is 41.6. The minimum atomic E-state index is -1.18. The molecular formula is C47H73NO8. The lowest BCUT2D eigenvalue weighted by molar-refractivity contribution is -0.233. The number of amides is 1. The van der Waals surface area contributed by atoms with Gasteiger partial charge in [0.15, 0.2) is 5.78 Å². The predicted octanol–water partition coefficient (Wildman–Crippen LogP) is 9.35. The molecule has 314 valence electrons. The first-order valence-electron chi connectivity index (χ1n) is 22.0. The number of hydrogen-bond acceptors (Lipinski definition) is 7. The molecule has 1 amide bonds. The van der Waals surface area contributed by atoms with Crippen LogP contribution in [0.2, 0.25) is 0 Å². The average Bonchev–Trinajstić information content (AvgIpc) is 3.38. The molecule has 1 N–H and O–H groups in total. The van der Waals surface area contributed by atoms with E-state index in [-0.39, 0.29) is 76.0 Å². The van der Waals surface area contributed by atoms with E-state index in [0.29, 0.717) is 37.8 Å². The molecule has 5 fully saturated rings. The van der Waals surface area contributed by atoms with E-state index >= 15 is 4.79 Å². The summed E-state index contributed by atoms with van der Waals surface area (Å²) in [5, 5.41) is 9.63. The number of esters is 2. The van der Waals surface area contributed by atoms with Crippen molar-refractivity contribution in [3.05, 3.63) is 11.1 Å². The van der Waals surface area contributed by atoms with Gasteiger partial charge in [-0.2, -0.15) is 0 Å². The van der Waals surface area contributed by atoms with Gasteiger partial charge < -0.3 is 19.5 Å². The van der Waals surface area contributed by atoms with E-state index in [1.165, 1.54) is 5.57 Å². The number of rotatable bonds is 8. The number of fused-ring (bicyclic) bond motifs is 7. The van der Waals surface area contributed by atoms with Gasteiger partial charge in [0, 0.05) is 31.3 Å². The molecular weight excluding hydrogens is 707 g/mol. The minimum Gasteiger partial charge on any atom is -0.481 e. The van der Waals surface area contributed by atoms with Crippen LogP contribution in [0.5, 0.6) is 0 Å². The van der Waals surface area contributed by atoms with Gasteiger partial charge in [-0.15, -0.1) is 0 Å². The van der Waals surface area contributed by atoms with Gasteiger partial charge in [0.2, 0.25) is 5.91 Å². The molecule has 0 spiro atoms. The summed E-state index contributed by atoms with van der Waals surface area (Å²) in [4.78, 5) is 68.8. The highest BCUT2D eigenvalue weighted by Crippen LogP contribution is 2.77. The summed E-state index contributed by atoms with van der Waals surface area (Å²) < 4.78 is 11.8. The highest BCUT2D eigenvalue weighted by atomic mass is 16.6. The Hall–Kier alpha value is -2.71. The van der Waals surface area contributed by atoms with Crippen molar-refractivity contribution in [2.75, 3.05) is 13.1 Å². The number of likely N-dealkylation sites (tertiary alicyclic amines) is 1. The van der Waals surface area contributed by atoms with Crippen LogP contribution in [0.25, 0.3) is 0 Å². The molecule has 1 saturated heterocycles. The van der Waals surface area contributed by atoms with E-state index in [0.717, 1.165) is 63.4 Å². The second-order valence-corrected chi connectivity index (χ2v) is 22.5. The SMILES string of the molecule is CC(C)C1=C2[C@H]3CC[C@@H]4[C@@]5(C)CC[C@H](OC(=O)CC(C)(C)C(=O)O)C(C)(C)[C@@H]5CC[C@@]4(C)[C@]3(C)CC[C@@]2(C(=O)N2CCC(CC(=O)OC(C)(C)C)CC2)CC1=O. The first-order valence-corrected chi connectivity index (χ1v) is 22.0. The van der Waals surface area contributed by atoms with Crippen molar-refractivity contribution in [1.29, 1.82) is 0 Å². The summed E-state index contributed by atoms with van der Waals surface area (Å²) in [5.74, 6) is -0.114. The number of allylic oxidation sites excluding steroid dienone is 1. The fourth-order valence-electron chi connectivity index (χ4n) is 14.0. The van der Waals surface area contributed by atoms with Crippen LogP contribution >= 0.6 is 0 Å². The molecule has 0 unspecified atom stereocenters. The molecule has 6 aliphatic rings. The van der Waals surface area contributed by atoms with E-state index in [1.54, 1.807) is 13.8 Å². The maximum absolute atomic E-state index is 15.0. The van der Waals surface area contributed by atoms with Gasteiger partial charge in [0.1, 0.15) is 11.7 Å². The van der Waals surface area contributed by atoms with Crippen molar-refractivity contribution in [3.63, 3.8) is 0 Å². The Kier molecular flexibility index (Phi) is 10.9. The normalized spacial score (nSPS) is 37.3. The number of carboxylic acid groups (broad SMARTS) is 1. The number of aliphatic carboxylic acids is 1. The molecule has 1 aliphatic heterocycles. The summed E-state index contributed by atoms with van der Waals surface area (Å²) >= 11 is 0. The quantitative estimate of drug-likeness (QED) is 0.242. The number of Topliss-reactive ketones (excluding diaryl/α,β-unsaturated/α-hetero) is 1. The number of hydrogen-bond donors (Lipinski definition) is 1. The molecule has 1 heterocycles. The molecule has 5 aliphatic carbocycles. The first-order chi connectivity index (χ1) is 25.7. The number of ether oxygens (including phenoxy) is 2. The fraction of sp³-hybridized carbons (Fsp3) is 0.851. The lowest BCUT2D eigenvalue weighted by Gasteiger charge is -2.72. The summed E-state index contributed by atoms with van der Waals surface area (Å²) in [7, 11) is 0. The Balaban J connectivity index is 1.24. The third-order valence-electron chi connectivity index (χ3n) is 17.0. The molecule has 56 heavy (non-hydrogen) atoms. The summed E-state index contributed by atoms with van der Waals surface area (Å²) in [5.41, 5.74) is -0.684. The Morgan fingerprint density at radius 1 is 0.804 bits per heavy atom. The van der Waals surface area contributed by atoms with Crippen LogP contribution in [0.3, 0.4) is 0 Å². The van der Waals surface area contributed by atoms with Crippen LogP contribution in [-0.2, 0) is 33.4 Å². The van der Waals surface area contributed by atoms with Crippen molar-refractivity contribution in [2.24, 2.45) is 62.1 Å². The van der Waals surface area contributed by atoms with Gasteiger partial charge in [-0.25, -0.2) is 0 Å². The number of piperidine rings is 1. The molecule has 9 nitrogen and oxygen atoms in total. The number of nitrogens with zero attached hydrogens (tertiary/aromatic N) is 1. The van der Waals surface area contributed by atoms with Gasteiger partial charge in [-0.3, -0.25) is 24.0 Å². The minimum absolute atomic E-state index is 0.00220. The monoisotopic (exact) mass is 780 g/mol. The van der Waals surface area contributed by atoms with E-state index in [2.05, 4.69) is 48.5 Å². The molecule has 6 rings (SSSR count). The molecule has 0 bridgehead atoms. The smallest absolute Gasteiger partial charge is 0.309 e. The lowest BCUT2D eigenvalue weighted by Crippen LogP contribution is -2.66. The molecule has 9 heteroatoms. The lowest BCUT2D eigenvalue weighted by atomic mass is 9.33. The van der Waals surface area contributed by atoms with Gasteiger partial charge in [0.25, 0.3) is 0 Å². The van der Waals surface area contributed by atoms with E-state index in [9.17, 15) is 24.3 Å². The van der Waals surface area contributed by atoms with Crippen molar-refractivity contribution in [2.45, 2.75) is 178 Å². The summed E-state index contributed by atoms with van der Waals surface area (Å²) in [6.07, 6.45) is 9.18. The Morgan fingerprint density at radius 2 is 1.45 bits per heavy atom. The van der Waals surface area contributed by atoms with Crippen LogP contribution in [0.1, 0.15) is 167 Å². The van der Waals surface area contributed by atoms with E-state index in [1.807, 2.05) is 25.7 Å². The number of ketones is 1. The number of carbonyl (C=O) groups excluding carboxylic acids is 4. The van der Waals surface area contributed by atoms with Crippen molar-refractivity contribution in [3.8, 4) is 0 Å². The Bertz CT molecular complexity index is 1660. The second kappa shape index (κ2) is 14.2. The van der Waals surface area contributed by atoms with Crippen LogP contribution in [0.15, 0.2) is 11.1 Å². The van der Waals surface area contributed by atoms with Crippen molar-refractivity contribution < 1.29 is 38.6 Å². The third-order valence-corrected chi connectivity index (χ3v) is 17.0. The highest BCUT2D eigenvalue weighted by Gasteiger charge is 2.71. The Morgan fingerprint density at radius 3 is 2.04 bits per heavy atom. The fourth-order valence-corrected chi connectivity index (χ4v) is 14.0. The number of carbonyl (C=O) groups is 5. The standard InChI is InChI=1S/C47H73NO8/c1-28(2)37-31(49)26-47(39(52)48-23-17-29(18-24-48)25-35(50)56-41(3,4)5)22-21-45(11)30(38(37)47)13-14-33-44(10)19-16-34(55-36(51)27-42(6,7)40(53)54)43(8,9)32(44)15-20-46(33,45)12/h28-30,32-34H,13-27H2,1-12H3,(H,53,54)/t30-,32+,33-,34+,44+,45-,46-,47-/m1/s1. The molecule has 0 aromatic heterocycles. The van der Waals surface area contributed by atoms with Crippen LogP contribution in [0, 0.1) is 62.1 Å². The van der Waals surface area contributed by atoms with Crippen LogP contribution in [0.4, 0.5) is 0 Å². The maximum Gasteiger partial charge on any atom is 0.309 e. The third kappa shape index (κ3) is 6.88. The molecule has 0 aromatic carbocycles. The molecule has 0 aromatic rings. The zero-order valence-electron chi connectivity index (χ0n) is 36.8. The van der Waals surface area contributed by atoms with Gasteiger partial charge in [0.05, 0.1) is 17.3 Å². The summed E-state index contributed by atoms with van der Waals surface area (Å²) in [6, 6.07) is 0. The largest absolute Gasteiger partial charge is 0.481 e. The second-order valence-electron chi connectivity index (χ2n) is 22.5. The van der Waals surface area contributed by atoms with Crippen LogP contribution < -0.4 is 0 Å². The predicted molar refractivity (Wildman–Crippen MR) is 215 cm³/mol. The maximum atomic E-state index is 15.0. The average molecular weight is 780 g/mol. The van der Waals surface area contributed by atoms with E-state index in [4.69, 9.17) is 9.47 Å². The van der Waals surface area contributed by atoms with Crippen molar-refractivity contribution >= 4 is 29.6 Å². The first kappa shape index (κ1) is 42.9. The molecule has 0 radical (unpaired) electrons. The Labute approximate surface area is 336 Å². The highest BCUT2D eigenvalue weighted by molar-refractivity contribution is 6.07. The summed E-state index contributed by atoms with van der Waals surface area (Å²) in [6.45, 7) is 26.3. The topological polar surface area (TPSA) is 127 Å². The van der Waals surface area contributed by atoms with Gasteiger partial charge in [-0.05, 0) is 156 Å². The molecule has 8 atom stereocenters. The van der Waals surface area contributed by atoms with Crippen LogP contribution in [-0.4, -0.2) is 64.4 Å². The van der Waals surface area contributed by atoms with E-state index < -0.39 is 28.4 Å².